The molecule has 0 aliphatic carbocycles. The second-order valence-electron chi connectivity index (χ2n) is 11.1. The van der Waals surface area contributed by atoms with E-state index in [9.17, 15) is 22.8 Å². The molecule has 44 heavy (non-hydrogen) atoms. The van der Waals surface area contributed by atoms with Crippen molar-refractivity contribution in [3.05, 3.63) is 45.8 Å². The fourth-order valence-corrected chi connectivity index (χ4v) is 8.42. The summed E-state index contributed by atoms with van der Waals surface area (Å²) in [5.41, 5.74) is 1.93. The Hall–Kier alpha value is -3.00. The van der Waals surface area contributed by atoms with Crippen LogP contribution in [0.4, 0.5) is 9.80 Å². The Bertz CT molecular complexity index is 1410. The van der Waals surface area contributed by atoms with Gasteiger partial charge in [0.2, 0.25) is 10.0 Å². The van der Waals surface area contributed by atoms with Crippen LogP contribution in [0.1, 0.15) is 78.1 Å². The van der Waals surface area contributed by atoms with Crippen LogP contribution >= 0.6 is 11.3 Å². The topological polar surface area (TPSA) is 120 Å². The minimum absolute atomic E-state index is 0.0464. The lowest BCUT2D eigenvalue weighted by atomic mass is 10.0. The highest BCUT2D eigenvalue weighted by Crippen LogP contribution is 2.38. The summed E-state index contributed by atoms with van der Waals surface area (Å²) in [6, 6.07) is 5.85. The smallest absolute Gasteiger partial charge is 0.409 e. The highest BCUT2D eigenvalue weighted by atomic mass is 32.2. The number of nitrogens with zero attached hydrogens (tertiary/aromatic N) is 4. The summed E-state index contributed by atoms with van der Waals surface area (Å²) in [6.45, 7) is 13.0. The van der Waals surface area contributed by atoms with Gasteiger partial charge in [-0.1, -0.05) is 20.8 Å². The second-order valence-corrected chi connectivity index (χ2v) is 14.1. The Morgan fingerprint density at radius 1 is 0.932 bits per heavy atom. The van der Waals surface area contributed by atoms with Crippen LogP contribution < -0.4 is 5.32 Å². The fourth-order valence-electron chi connectivity index (χ4n) is 5.72. The third kappa shape index (κ3) is 7.61. The third-order valence-corrected chi connectivity index (χ3v) is 11.0. The summed E-state index contributed by atoms with van der Waals surface area (Å²) >= 11 is 1.47. The Labute approximate surface area is 265 Å². The standard InChI is InChI=1S/C31H45N5O6S2/c1-5-14-33-17-13-25-26(22-33)43-29(27(25)30(38)34(15-6-2)16-7-3)32-28(37)23-9-11-24(12-10-23)44(40,41)36-20-18-35(19-21-36)31(39)42-8-4/h9-12H,5-8,13-22H2,1-4H3,(H,32,37). The van der Waals surface area contributed by atoms with Crippen molar-refractivity contribution < 1.29 is 27.5 Å². The molecule has 0 unspecified atom stereocenters. The van der Waals surface area contributed by atoms with E-state index in [-0.39, 0.29) is 43.6 Å². The van der Waals surface area contributed by atoms with Crippen LogP contribution in [0.5, 0.6) is 0 Å². The Kier molecular flexibility index (Phi) is 11.8. The van der Waals surface area contributed by atoms with Crippen molar-refractivity contribution >= 4 is 44.3 Å². The maximum atomic E-state index is 13.9. The van der Waals surface area contributed by atoms with Crippen LogP contribution in [0.3, 0.4) is 0 Å². The largest absolute Gasteiger partial charge is 0.450 e. The molecule has 2 aliphatic rings. The van der Waals surface area contributed by atoms with Crippen LogP contribution in [0.15, 0.2) is 29.2 Å². The molecule has 3 amide bonds. The Morgan fingerprint density at radius 3 is 2.18 bits per heavy atom. The summed E-state index contributed by atoms with van der Waals surface area (Å²) in [4.78, 5) is 46.2. The molecule has 2 aromatic rings. The monoisotopic (exact) mass is 647 g/mol. The van der Waals surface area contributed by atoms with Gasteiger partial charge in [-0.05, 0) is 69.0 Å². The Morgan fingerprint density at radius 2 is 1.59 bits per heavy atom. The zero-order chi connectivity index (χ0) is 31.9. The molecule has 0 spiro atoms. The van der Waals surface area contributed by atoms with Gasteiger partial charge in [-0.25, -0.2) is 13.2 Å². The van der Waals surface area contributed by atoms with Crippen LogP contribution in [0, 0.1) is 0 Å². The molecular weight excluding hydrogens is 603 g/mol. The van der Waals surface area contributed by atoms with Crippen molar-refractivity contribution in [2.24, 2.45) is 0 Å². The molecule has 1 N–H and O–H groups in total. The van der Waals surface area contributed by atoms with Gasteiger partial charge in [0.1, 0.15) is 5.00 Å². The lowest BCUT2D eigenvalue weighted by Gasteiger charge is -2.33. The van der Waals surface area contributed by atoms with E-state index in [1.807, 2.05) is 4.90 Å². The summed E-state index contributed by atoms with van der Waals surface area (Å²) in [6.07, 6.45) is 3.06. The number of carbonyl (C=O) groups is 3. The van der Waals surface area contributed by atoms with Gasteiger partial charge in [-0.3, -0.25) is 14.5 Å². The number of ether oxygens (including phenoxy) is 1. The van der Waals surface area contributed by atoms with Crippen LogP contribution in [0.2, 0.25) is 0 Å². The quantitative estimate of drug-likeness (QED) is 0.361. The van der Waals surface area contributed by atoms with E-state index in [0.29, 0.717) is 29.2 Å². The van der Waals surface area contributed by atoms with E-state index in [0.717, 1.165) is 55.8 Å². The summed E-state index contributed by atoms with van der Waals surface area (Å²) in [5.74, 6) is -0.442. The van der Waals surface area contributed by atoms with Gasteiger partial charge >= 0.3 is 6.09 Å². The summed E-state index contributed by atoms with van der Waals surface area (Å²) in [5, 5.41) is 3.56. The van der Waals surface area contributed by atoms with Gasteiger partial charge in [0, 0.05) is 62.8 Å². The average Bonchev–Trinajstić information content (AvgIpc) is 3.37. The zero-order valence-corrected chi connectivity index (χ0v) is 27.9. The van der Waals surface area contributed by atoms with Gasteiger partial charge in [0.25, 0.3) is 11.8 Å². The highest BCUT2D eigenvalue weighted by Gasteiger charge is 2.32. The molecule has 1 aromatic carbocycles. The lowest BCUT2D eigenvalue weighted by Crippen LogP contribution is -2.50. The molecule has 11 nitrogen and oxygen atoms in total. The zero-order valence-electron chi connectivity index (χ0n) is 26.3. The van der Waals surface area contributed by atoms with Crippen molar-refractivity contribution in [1.29, 1.82) is 0 Å². The number of amides is 3. The van der Waals surface area contributed by atoms with Gasteiger partial charge in [-0.2, -0.15) is 4.31 Å². The third-order valence-electron chi connectivity index (χ3n) is 7.91. The van der Waals surface area contributed by atoms with E-state index < -0.39 is 22.0 Å². The number of hydrogen-bond donors (Lipinski definition) is 1. The number of piperazine rings is 1. The van der Waals surface area contributed by atoms with Crippen molar-refractivity contribution in [2.75, 3.05) is 64.3 Å². The van der Waals surface area contributed by atoms with E-state index in [4.69, 9.17) is 4.74 Å². The van der Waals surface area contributed by atoms with Crippen molar-refractivity contribution in [2.45, 2.75) is 64.8 Å². The minimum atomic E-state index is -3.81. The molecule has 0 bridgehead atoms. The SMILES string of the molecule is CCCN1CCc2c(sc(NC(=O)c3ccc(S(=O)(=O)N4CCN(C(=O)OCC)CC4)cc3)c2C(=O)N(CCC)CCC)C1. The van der Waals surface area contributed by atoms with Crippen molar-refractivity contribution in [3.63, 3.8) is 0 Å². The molecule has 3 heterocycles. The number of carbonyl (C=O) groups excluding carboxylic acids is 3. The van der Waals surface area contributed by atoms with E-state index in [1.165, 1.54) is 44.8 Å². The van der Waals surface area contributed by atoms with Crippen molar-refractivity contribution in [1.82, 2.24) is 19.0 Å². The lowest BCUT2D eigenvalue weighted by molar-refractivity contribution is 0.0755. The average molecular weight is 648 g/mol. The number of hydrogen-bond acceptors (Lipinski definition) is 8. The molecule has 13 heteroatoms. The molecule has 1 aromatic heterocycles. The first-order valence-electron chi connectivity index (χ1n) is 15.6. The predicted molar refractivity (Wildman–Crippen MR) is 172 cm³/mol. The first kappa shape index (κ1) is 33.9. The van der Waals surface area contributed by atoms with Crippen LogP contribution in [0.25, 0.3) is 0 Å². The van der Waals surface area contributed by atoms with E-state index in [2.05, 4.69) is 31.0 Å². The second kappa shape index (κ2) is 15.3. The number of thiophene rings is 1. The number of sulfonamides is 1. The number of rotatable bonds is 12. The van der Waals surface area contributed by atoms with Crippen molar-refractivity contribution in [3.8, 4) is 0 Å². The predicted octanol–water partition coefficient (Wildman–Crippen LogP) is 4.49. The van der Waals surface area contributed by atoms with E-state index >= 15 is 0 Å². The molecule has 4 rings (SSSR count). The number of fused-ring (bicyclic) bond motifs is 1. The van der Waals surface area contributed by atoms with Crippen LogP contribution in [-0.4, -0.2) is 104 Å². The van der Waals surface area contributed by atoms with Gasteiger partial charge in [0.15, 0.2) is 0 Å². The van der Waals surface area contributed by atoms with Gasteiger partial charge < -0.3 is 19.9 Å². The normalized spacial score (nSPS) is 16.0. The molecule has 0 radical (unpaired) electrons. The Balaban J connectivity index is 1.52. The highest BCUT2D eigenvalue weighted by molar-refractivity contribution is 7.89. The maximum Gasteiger partial charge on any atom is 0.409 e. The molecular formula is C31H45N5O6S2. The molecule has 1 saturated heterocycles. The van der Waals surface area contributed by atoms with Gasteiger partial charge in [0.05, 0.1) is 17.1 Å². The van der Waals surface area contributed by atoms with E-state index in [1.54, 1.807) is 6.92 Å². The number of anilines is 1. The van der Waals surface area contributed by atoms with Crippen LogP contribution in [-0.2, 0) is 27.7 Å². The molecule has 0 atom stereocenters. The maximum absolute atomic E-state index is 13.9. The molecule has 242 valence electrons. The summed E-state index contributed by atoms with van der Waals surface area (Å²) in [7, 11) is -3.81. The minimum Gasteiger partial charge on any atom is -0.450 e. The molecule has 0 saturated carbocycles. The number of benzene rings is 1. The molecule has 2 aliphatic heterocycles. The summed E-state index contributed by atoms with van der Waals surface area (Å²) < 4.78 is 32.9. The van der Waals surface area contributed by atoms with Gasteiger partial charge in [-0.15, -0.1) is 11.3 Å². The first-order valence-corrected chi connectivity index (χ1v) is 17.9. The first-order chi connectivity index (χ1) is 21.1. The molecule has 1 fully saturated rings. The fraction of sp³-hybridized carbons (Fsp3) is 0.581. The number of nitrogens with one attached hydrogen (secondary N) is 1.